The highest BCUT2D eigenvalue weighted by molar-refractivity contribution is 6.30. The summed E-state index contributed by atoms with van der Waals surface area (Å²) in [6, 6.07) is 9.70. The standard InChI is InChI=1S/C13H10ClN2O2/c14-12-3-1-2-11(8-12)13(17)16(18)9-10-4-6-15-7-5-10/h1-8H,9H2/q-1. The van der Waals surface area contributed by atoms with Crippen LogP contribution in [0.2, 0.25) is 5.02 Å². The Morgan fingerprint density at radius 2 is 2.00 bits per heavy atom. The first-order valence-corrected chi connectivity index (χ1v) is 5.68. The van der Waals surface area contributed by atoms with E-state index in [4.69, 9.17) is 11.6 Å². The van der Waals surface area contributed by atoms with E-state index in [2.05, 4.69) is 4.98 Å². The third kappa shape index (κ3) is 3.06. The highest BCUT2D eigenvalue weighted by Crippen LogP contribution is 2.13. The fourth-order valence-corrected chi connectivity index (χ4v) is 1.68. The van der Waals surface area contributed by atoms with Crippen molar-refractivity contribution in [2.75, 3.05) is 0 Å². The van der Waals surface area contributed by atoms with Crippen LogP contribution in [0, 0.1) is 5.21 Å². The summed E-state index contributed by atoms with van der Waals surface area (Å²) < 4.78 is 0. The Morgan fingerprint density at radius 1 is 1.28 bits per heavy atom. The van der Waals surface area contributed by atoms with Gasteiger partial charge in [-0.1, -0.05) is 17.7 Å². The minimum absolute atomic E-state index is 0.00608. The molecule has 1 aromatic heterocycles. The van der Waals surface area contributed by atoms with Gasteiger partial charge in [-0.15, -0.1) is 0 Å². The van der Waals surface area contributed by atoms with E-state index in [1.165, 1.54) is 6.07 Å². The molecule has 0 aliphatic heterocycles. The van der Waals surface area contributed by atoms with Gasteiger partial charge in [-0.3, -0.25) is 9.78 Å². The summed E-state index contributed by atoms with van der Waals surface area (Å²) in [5, 5.41) is 12.6. The zero-order valence-electron chi connectivity index (χ0n) is 9.41. The molecule has 1 heterocycles. The van der Waals surface area contributed by atoms with Crippen LogP contribution in [-0.4, -0.2) is 16.0 Å². The monoisotopic (exact) mass is 261 g/mol. The molecule has 0 spiro atoms. The molecule has 92 valence electrons. The van der Waals surface area contributed by atoms with E-state index in [1.807, 2.05) is 0 Å². The van der Waals surface area contributed by atoms with E-state index in [1.54, 1.807) is 42.7 Å². The molecule has 0 bridgehead atoms. The Balaban J connectivity index is 2.10. The Labute approximate surface area is 109 Å². The van der Waals surface area contributed by atoms with Gasteiger partial charge in [0.05, 0.1) is 0 Å². The third-order valence-electron chi connectivity index (χ3n) is 2.37. The lowest BCUT2D eigenvalue weighted by molar-refractivity contribution is 0.0814. The van der Waals surface area contributed by atoms with Gasteiger partial charge >= 0.3 is 0 Å². The van der Waals surface area contributed by atoms with E-state index >= 15 is 0 Å². The van der Waals surface area contributed by atoms with Gasteiger partial charge in [0.25, 0.3) is 0 Å². The van der Waals surface area contributed by atoms with E-state index in [9.17, 15) is 10.0 Å². The second-order valence-corrected chi connectivity index (χ2v) is 4.14. The largest absolute Gasteiger partial charge is 0.756 e. The molecule has 0 atom stereocenters. The molecule has 18 heavy (non-hydrogen) atoms. The Kier molecular flexibility index (Phi) is 3.92. The first-order valence-electron chi connectivity index (χ1n) is 5.30. The number of benzene rings is 1. The molecule has 0 N–H and O–H groups in total. The molecule has 0 radical (unpaired) electrons. The van der Waals surface area contributed by atoms with Crippen molar-refractivity contribution in [3.05, 3.63) is 70.1 Å². The van der Waals surface area contributed by atoms with Gasteiger partial charge in [-0.05, 0) is 35.9 Å². The normalized spacial score (nSPS) is 10.1. The van der Waals surface area contributed by atoms with E-state index in [0.717, 1.165) is 5.56 Å². The van der Waals surface area contributed by atoms with Crippen LogP contribution in [0.4, 0.5) is 0 Å². The predicted molar refractivity (Wildman–Crippen MR) is 68.9 cm³/mol. The quantitative estimate of drug-likeness (QED) is 0.799. The number of hydroxylamine groups is 2. The number of pyridine rings is 1. The first-order chi connectivity index (χ1) is 8.66. The summed E-state index contributed by atoms with van der Waals surface area (Å²) >= 11 is 5.77. The molecular weight excluding hydrogens is 252 g/mol. The number of aromatic nitrogens is 1. The number of carbonyl (C=O) groups excluding carboxylic acids is 1. The number of hydrogen-bond acceptors (Lipinski definition) is 3. The summed E-state index contributed by atoms with van der Waals surface area (Å²) in [6.45, 7) is -0.00608. The minimum Gasteiger partial charge on any atom is -0.756 e. The van der Waals surface area contributed by atoms with Gasteiger partial charge in [0, 0.05) is 29.5 Å². The van der Waals surface area contributed by atoms with Crippen LogP contribution in [0.25, 0.3) is 0 Å². The predicted octanol–water partition coefficient (Wildman–Crippen LogP) is 2.88. The molecular formula is C13H10ClN2O2-. The summed E-state index contributed by atoms with van der Waals surface area (Å²) in [5.74, 6) is -0.602. The maximum atomic E-state index is 11.8. The topological polar surface area (TPSA) is 56.3 Å². The zero-order valence-corrected chi connectivity index (χ0v) is 10.2. The SMILES string of the molecule is O=C(c1cccc(Cl)c1)N([O-])Cc1ccncc1. The molecule has 2 aromatic rings. The highest BCUT2D eigenvalue weighted by Gasteiger charge is 2.08. The van der Waals surface area contributed by atoms with Crippen LogP contribution in [-0.2, 0) is 6.54 Å². The van der Waals surface area contributed by atoms with Gasteiger partial charge in [-0.2, -0.15) is 0 Å². The van der Waals surface area contributed by atoms with Crippen molar-refractivity contribution in [2.45, 2.75) is 6.54 Å². The van der Waals surface area contributed by atoms with Crippen LogP contribution in [0.15, 0.2) is 48.8 Å². The fraction of sp³-hybridized carbons (Fsp3) is 0.0769. The maximum absolute atomic E-state index is 11.8. The smallest absolute Gasteiger partial charge is 0.243 e. The lowest BCUT2D eigenvalue weighted by Crippen LogP contribution is -2.24. The van der Waals surface area contributed by atoms with Crippen molar-refractivity contribution in [1.29, 1.82) is 0 Å². The summed E-state index contributed by atoms with van der Waals surface area (Å²) in [7, 11) is 0. The van der Waals surface area contributed by atoms with Crippen molar-refractivity contribution >= 4 is 17.5 Å². The highest BCUT2D eigenvalue weighted by atomic mass is 35.5. The number of carbonyl (C=O) groups is 1. The average molecular weight is 262 g/mol. The van der Waals surface area contributed by atoms with Gasteiger partial charge in [0.15, 0.2) is 0 Å². The molecule has 0 fully saturated rings. The van der Waals surface area contributed by atoms with Gasteiger partial charge in [0.1, 0.15) is 0 Å². The summed E-state index contributed by atoms with van der Waals surface area (Å²) in [4.78, 5) is 15.7. The second kappa shape index (κ2) is 5.62. The molecule has 0 aliphatic rings. The zero-order chi connectivity index (χ0) is 13.0. The molecule has 0 aliphatic carbocycles. The molecule has 0 saturated carbocycles. The van der Waals surface area contributed by atoms with Crippen LogP contribution in [0.5, 0.6) is 0 Å². The number of amides is 1. The van der Waals surface area contributed by atoms with Crippen molar-refractivity contribution in [3.63, 3.8) is 0 Å². The molecule has 5 heteroatoms. The lowest BCUT2D eigenvalue weighted by atomic mass is 10.2. The summed E-state index contributed by atoms with van der Waals surface area (Å²) in [5.41, 5.74) is 1.02. The van der Waals surface area contributed by atoms with Crippen LogP contribution in [0.3, 0.4) is 0 Å². The third-order valence-corrected chi connectivity index (χ3v) is 2.61. The van der Waals surface area contributed by atoms with E-state index in [0.29, 0.717) is 10.1 Å². The Hall–Kier alpha value is -1.91. The first kappa shape index (κ1) is 12.5. The van der Waals surface area contributed by atoms with Crippen LogP contribution in [0.1, 0.15) is 15.9 Å². The van der Waals surface area contributed by atoms with Crippen molar-refractivity contribution in [3.8, 4) is 0 Å². The van der Waals surface area contributed by atoms with Crippen molar-refractivity contribution in [1.82, 2.24) is 10.0 Å². The Bertz CT molecular complexity index is 546. The van der Waals surface area contributed by atoms with Gasteiger partial charge < -0.3 is 10.3 Å². The number of rotatable bonds is 3. The minimum atomic E-state index is -0.602. The molecule has 0 saturated heterocycles. The van der Waals surface area contributed by atoms with E-state index < -0.39 is 5.91 Å². The molecule has 0 unspecified atom stereocenters. The molecule has 1 aromatic carbocycles. The Morgan fingerprint density at radius 3 is 2.67 bits per heavy atom. The second-order valence-electron chi connectivity index (χ2n) is 3.71. The number of hydrogen-bond donors (Lipinski definition) is 0. The van der Waals surface area contributed by atoms with Gasteiger partial charge in [0.2, 0.25) is 5.91 Å². The van der Waals surface area contributed by atoms with Crippen LogP contribution >= 0.6 is 11.6 Å². The van der Waals surface area contributed by atoms with Crippen LogP contribution < -0.4 is 0 Å². The van der Waals surface area contributed by atoms with Gasteiger partial charge in [-0.25, -0.2) is 0 Å². The van der Waals surface area contributed by atoms with E-state index in [-0.39, 0.29) is 12.1 Å². The average Bonchev–Trinajstić information content (AvgIpc) is 2.39. The molecule has 1 amide bonds. The number of halogens is 1. The molecule has 4 nitrogen and oxygen atoms in total. The summed E-state index contributed by atoms with van der Waals surface area (Å²) in [6.07, 6.45) is 3.15. The fourth-order valence-electron chi connectivity index (χ4n) is 1.49. The number of nitrogens with zero attached hydrogens (tertiary/aromatic N) is 2. The maximum Gasteiger partial charge on any atom is 0.243 e. The van der Waals surface area contributed by atoms with Crippen molar-refractivity contribution < 1.29 is 4.79 Å². The van der Waals surface area contributed by atoms with Crippen molar-refractivity contribution in [2.24, 2.45) is 0 Å². The molecule has 2 rings (SSSR count). The lowest BCUT2D eigenvalue weighted by Gasteiger charge is -2.28.